The maximum Gasteiger partial charge on any atom is 0.272 e. The Bertz CT molecular complexity index is 1940. The molecule has 2 amide bonds. The van der Waals surface area contributed by atoms with Crippen LogP contribution in [-0.2, 0) is 0 Å². The zero-order chi connectivity index (χ0) is 35.9. The number of carbonyl (C=O) groups excluding carboxylic acids is 2. The Morgan fingerprint density at radius 3 is 1.88 bits per heavy atom. The number of piperidine rings is 3. The summed E-state index contributed by atoms with van der Waals surface area (Å²) >= 11 is 0. The number of hydrogen-bond acceptors (Lipinski definition) is 7. The summed E-state index contributed by atoms with van der Waals surface area (Å²) in [5, 5.41) is 22.6. The molecule has 4 atom stereocenters. The third-order valence-corrected chi connectivity index (χ3v) is 12.3. The van der Waals surface area contributed by atoms with Crippen LogP contribution in [0.1, 0.15) is 84.3 Å². The number of nitrogens with zero attached hydrogens (tertiary/aromatic N) is 4. The summed E-state index contributed by atoms with van der Waals surface area (Å²) < 4.78 is 5.21. The Balaban J connectivity index is 0.000000160. The number of methoxy groups -OCH3 is 1. The van der Waals surface area contributed by atoms with Crippen LogP contribution in [0.5, 0.6) is 5.75 Å². The number of nitrogens with one attached hydrogen (secondary N) is 4. The molecular weight excluding hydrogens is 657 g/mol. The van der Waals surface area contributed by atoms with E-state index in [-0.39, 0.29) is 23.9 Å². The van der Waals surface area contributed by atoms with Crippen LogP contribution in [0.15, 0.2) is 36.4 Å². The molecule has 4 bridgehead atoms. The summed E-state index contributed by atoms with van der Waals surface area (Å²) in [6, 6.07) is 14.4. The molecule has 4 fully saturated rings. The normalized spacial score (nSPS) is 26.2. The van der Waals surface area contributed by atoms with Crippen LogP contribution in [0, 0.1) is 11.5 Å². The van der Waals surface area contributed by atoms with Crippen molar-refractivity contribution in [2.75, 3.05) is 21.2 Å². The zero-order valence-corrected chi connectivity index (χ0v) is 31.8. The highest BCUT2D eigenvalue weighted by Gasteiger charge is 2.39. The van der Waals surface area contributed by atoms with Gasteiger partial charge in [-0.05, 0) is 95.8 Å². The molecule has 4 aliphatic heterocycles. The van der Waals surface area contributed by atoms with Crippen molar-refractivity contribution >= 4 is 41.7 Å². The van der Waals surface area contributed by atoms with Gasteiger partial charge < -0.3 is 25.2 Å². The van der Waals surface area contributed by atoms with Crippen molar-refractivity contribution in [3.63, 3.8) is 0 Å². The molecular formula is C39H52N8O3Si. The van der Waals surface area contributed by atoms with E-state index >= 15 is 0 Å². The fourth-order valence-corrected chi connectivity index (χ4v) is 9.11. The van der Waals surface area contributed by atoms with Gasteiger partial charge in [-0.2, -0.15) is 10.2 Å². The molecule has 2 aromatic heterocycles. The van der Waals surface area contributed by atoms with Crippen molar-refractivity contribution in [2.24, 2.45) is 0 Å². The van der Waals surface area contributed by atoms with E-state index in [0.29, 0.717) is 35.6 Å². The summed E-state index contributed by atoms with van der Waals surface area (Å²) in [5.41, 5.74) is 6.97. The van der Waals surface area contributed by atoms with Gasteiger partial charge in [-0.1, -0.05) is 32.0 Å². The minimum atomic E-state index is -1.44. The minimum absolute atomic E-state index is 0.0782. The summed E-state index contributed by atoms with van der Waals surface area (Å²) in [6.45, 7) is 6.68. The van der Waals surface area contributed by atoms with Crippen LogP contribution in [-0.4, -0.2) is 108 Å². The van der Waals surface area contributed by atoms with E-state index in [4.69, 9.17) is 4.74 Å². The largest absolute Gasteiger partial charge is 0.497 e. The molecule has 4 aliphatic rings. The smallest absolute Gasteiger partial charge is 0.272 e. The van der Waals surface area contributed by atoms with Gasteiger partial charge in [0, 0.05) is 58.7 Å². The highest BCUT2D eigenvalue weighted by molar-refractivity contribution is 6.83. The van der Waals surface area contributed by atoms with E-state index in [9.17, 15) is 9.59 Å². The standard InChI is InChI=1S/C21H28N4OSi.C18H24N4O2/c1-25-16-6-7-17(25)13-15(12-16)22-21(26)20-18-11-14(9-10-27(2,3)4)5-8-19(18)23-24-20;1-22-12-4-3-5-13(22)9-11(8-12)19-18(23)17-15-7-6-14(24-2)10-16(15)20-21-17/h5,8,11,15-17H,6-7,12-13H2,1-4H3,(H,22,26)(H,23,24);6-7,10-13H,3-5,8-9H2,1-2H3,(H,19,23)(H,20,21). The topological polar surface area (TPSA) is 131 Å². The Kier molecular flexibility index (Phi) is 9.98. The highest BCUT2D eigenvalue weighted by atomic mass is 28.3. The van der Waals surface area contributed by atoms with Gasteiger partial charge in [0.1, 0.15) is 13.8 Å². The number of rotatable bonds is 5. The summed E-state index contributed by atoms with van der Waals surface area (Å²) in [5.74, 6) is 3.86. The van der Waals surface area contributed by atoms with E-state index in [1.807, 2.05) is 36.4 Å². The predicted octanol–water partition coefficient (Wildman–Crippen LogP) is 5.46. The first-order valence-corrected chi connectivity index (χ1v) is 22.0. The van der Waals surface area contributed by atoms with E-state index in [1.165, 1.54) is 32.1 Å². The molecule has 4 unspecified atom stereocenters. The lowest BCUT2D eigenvalue weighted by Crippen LogP contribution is -2.55. The number of aromatic amines is 2. The molecule has 51 heavy (non-hydrogen) atoms. The molecule has 0 radical (unpaired) electrons. The van der Waals surface area contributed by atoms with Crippen molar-refractivity contribution < 1.29 is 14.3 Å². The molecule has 270 valence electrons. The number of H-pyrrole nitrogens is 2. The molecule has 0 aliphatic carbocycles. The number of fused-ring (bicyclic) bond motifs is 6. The van der Waals surface area contributed by atoms with Crippen LogP contribution in [0.3, 0.4) is 0 Å². The van der Waals surface area contributed by atoms with Crippen LogP contribution in [0.25, 0.3) is 21.8 Å². The Hall–Kier alpha value is -4.18. The SMILES string of the molecule is CN1C2CCC1CC(NC(=O)c1n[nH]c3ccc(C#C[Si](C)(C)C)cc13)C2.COc1ccc2c(C(=O)NC3CC4CCCC(C3)N4C)n[nH]c2c1. The Morgan fingerprint density at radius 2 is 1.31 bits per heavy atom. The maximum absolute atomic E-state index is 12.9. The molecule has 2 aromatic carbocycles. The molecule has 0 saturated carbocycles. The average Bonchev–Trinajstić information content (AvgIpc) is 3.76. The molecule has 12 heteroatoms. The van der Waals surface area contributed by atoms with Crippen molar-refractivity contribution in [3.05, 3.63) is 53.3 Å². The van der Waals surface area contributed by atoms with Crippen LogP contribution in [0.2, 0.25) is 19.6 Å². The molecule has 6 heterocycles. The summed E-state index contributed by atoms with van der Waals surface area (Å²) in [7, 11) is 4.63. The second kappa shape index (κ2) is 14.4. The number of benzene rings is 2. The Labute approximate surface area is 301 Å². The third kappa shape index (κ3) is 7.71. The first-order chi connectivity index (χ1) is 24.5. The van der Waals surface area contributed by atoms with Crippen molar-refractivity contribution in [1.82, 2.24) is 40.8 Å². The van der Waals surface area contributed by atoms with Gasteiger partial charge >= 0.3 is 0 Å². The molecule has 4 N–H and O–H groups in total. The number of hydrogen-bond donors (Lipinski definition) is 4. The first kappa shape index (κ1) is 35.2. The van der Waals surface area contributed by atoms with Crippen LogP contribution >= 0.6 is 0 Å². The molecule has 4 aromatic rings. The number of amides is 2. The lowest BCUT2D eigenvalue weighted by molar-refractivity contribution is 0.0462. The molecule has 8 rings (SSSR count). The monoisotopic (exact) mass is 708 g/mol. The second-order valence-corrected chi connectivity index (χ2v) is 20.8. The number of carbonyl (C=O) groups is 2. The van der Waals surface area contributed by atoms with Gasteiger partial charge in [0.2, 0.25) is 0 Å². The summed E-state index contributed by atoms with van der Waals surface area (Å²) in [6.07, 6.45) is 10.4. The van der Waals surface area contributed by atoms with Crippen molar-refractivity contribution in [2.45, 2.75) is 114 Å². The fourth-order valence-electron chi connectivity index (χ4n) is 8.59. The minimum Gasteiger partial charge on any atom is -0.497 e. The zero-order valence-electron chi connectivity index (χ0n) is 30.8. The first-order valence-electron chi connectivity index (χ1n) is 18.5. The maximum atomic E-state index is 12.9. The van der Waals surface area contributed by atoms with Crippen molar-refractivity contribution in [1.29, 1.82) is 0 Å². The second-order valence-electron chi connectivity index (χ2n) is 16.1. The van der Waals surface area contributed by atoms with Gasteiger partial charge in [0.05, 0.1) is 18.1 Å². The predicted molar refractivity (Wildman–Crippen MR) is 204 cm³/mol. The lowest BCUT2D eigenvalue weighted by atomic mass is 9.82. The molecule has 0 spiro atoms. The Morgan fingerprint density at radius 1 is 0.765 bits per heavy atom. The van der Waals surface area contributed by atoms with E-state index in [0.717, 1.165) is 58.8 Å². The fraction of sp³-hybridized carbons (Fsp3) is 0.538. The van der Waals surface area contributed by atoms with Crippen LogP contribution < -0.4 is 15.4 Å². The number of ether oxygens (including phenoxy) is 1. The highest BCUT2D eigenvalue weighted by Crippen LogP contribution is 2.35. The van der Waals surface area contributed by atoms with Gasteiger partial charge in [-0.3, -0.25) is 19.8 Å². The molecule has 4 saturated heterocycles. The molecule has 11 nitrogen and oxygen atoms in total. The number of aromatic nitrogens is 4. The summed E-state index contributed by atoms with van der Waals surface area (Å²) in [4.78, 5) is 30.6. The van der Waals surface area contributed by atoms with E-state index in [2.05, 4.69) is 86.0 Å². The van der Waals surface area contributed by atoms with E-state index in [1.54, 1.807) is 7.11 Å². The average molecular weight is 709 g/mol. The van der Waals surface area contributed by atoms with Gasteiger partial charge in [0.25, 0.3) is 11.8 Å². The van der Waals surface area contributed by atoms with Gasteiger partial charge in [0.15, 0.2) is 11.4 Å². The van der Waals surface area contributed by atoms with Gasteiger partial charge in [-0.15, -0.1) is 5.54 Å². The van der Waals surface area contributed by atoms with Gasteiger partial charge in [-0.25, -0.2) is 0 Å². The van der Waals surface area contributed by atoms with Crippen LogP contribution in [0.4, 0.5) is 0 Å². The van der Waals surface area contributed by atoms with Crippen molar-refractivity contribution in [3.8, 4) is 17.2 Å². The quantitative estimate of drug-likeness (QED) is 0.160. The third-order valence-electron chi connectivity index (χ3n) is 11.5. The van der Waals surface area contributed by atoms with E-state index < -0.39 is 8.07 Å². The lowest BCUT2D eigenvalue weighted by Gasteiger charge is -2.47.